The highest BCUT2D eigenvalue weighted by Crippen LogP contribution is 2.29. The minimum absolute atomic E-state index is 0.0614. The first-order valence-electron chi connectivity index (χ1n) is 7.12. The predicted molar refractivity (Wildman–Crippen MR) is 84.5 cm³/mol. The molecule has 1 heterocycles. The minimum atomic E-state index is -0.363. The van der Waals surface area contributed by atoms with Crippen LogP contribution in [0.2, 0.25) is 5.15 Å². The van der Waals surface area contributed by atoms with Crippen LogP contribution in [0.5, 0.6) is 0 Å². The normalized spacial score (nSPS) is 12.6. The van der Waals surface area contributed by atoms with E-state index in [0.717, 1.165) is 18.4 Å². The topological polar surface area (TPSA) is 58.0 Å². The zero-order chi connectivity index (χ0) is 15.6. The molecular formula is C15H26ClN3O. The molecule has 2 N–H and O–H groups in total. The highest BCUT2D eigenvalue weighted by molar-refractivity contribution is 6.30. The molecule has 0 radical (unpaired) electrons. The minimum Gasteiger partial charge on any atom is -0.394 e. The molecule has 0 aliphatic carbocycles. The van der Waals surface area contributed by atoms with Gasteiger partial charge in [0.25, 0.3) is 0 Å². The molecule has 114 valence electrons. The lowest BCUT2D eigenvalue weighted by Gasteiger charge is -2.32. The molecule has 0 saturated heterocycles. The van der Waals surface area contributed by atoms with Gasteiger partial charge in [-0.2, -0.15) is 0 Å². The molecule has 0 unspecified atom stereocenters. The summed E-state index contributed by atoms with van der Waals surface area (Å²) in [5.74, 6) is 1.42. The maximum atomic E-state index is 9.69. The molecule has 1 aromatic rings. The summed E-state index contributed by atoms with van der Waals surface area (Å²) in [5, 5.41) is 13.5. The van der Waals surface area contributed by atoms with Gasteiger partial charge in [-0.15, -0.1) is 0 Å². The van der Waals surface area contributed by atoms with Gasteiger partial charge < -0.3 is 10.4 Å². The van der Waals surface area contributed by atoms with E-state index in [-0.39, 0.29) is 17.6 Å². The number of aromatic nitrogens is 2. The van der Waals surface area contributed by atoms with Crippen LogP contribution in [0.25, 0.3) is 0 Å². The molecule has 0 aromatic carbocycles. The van der Waals surface area contributed by atoms with Gasteiger partial charge in [-0.25, -0.2) is 9.97 Å². The molecule has 0 atom stereocenters. The van der Waals surface area contributed by atoms with Crippen molar-refractivity contribution in [2.45, 2.75) is 65.3 Å². The third-order valence-corrected chi connectivity index (χ3v) is 4.17. The van der Waals surface area contributed by atoms with Gasteiger partial charge in [-0.1, -0.05) is 46.2 Å². The first kappa shape index (κ1) is 17.2. The molecule has 0 fully saturated rings. The second-order valence-corrected chi connectivity index (χ2v) is 6.69. The first-order chi connectivity index (χ1) is 9.19. The van der Waals surface area contributed by atoms with Crippen molar-refractivity contribution in [3.8, 4) is 0 Å². The van der Waals surface area contributed by atoms with Crippen LogP contribution < -0.4 is 5.32 Å². The van der Waals surface area contributed by atoms with Gasteiger partial charge >= 0.3 is 0 Å². The van der Waals surface area contributed by atoms with E-state index in [0.29, 0.717) is 16.8 Å². The monoisotopic (exact) mass is 299 g/mol. The lowest BCUT2D eigenvalue weighted by atomic mass is 9.93. The summed E-state index contributed by atoms with van der Waals surface area (Å²) >= 11 is 6.23. The number of halogens is 1. The van der Waals surface area contributed by atoms with Gasteiger partial charge in [0.05, 0.1) is 12.1 Å². The Morgan fingerprint density at radius 3 is 2.10 bits per heavy atom. The lowest BCUT2D eigenvalue weighted by molar-refractivity contribution is 0.202. The number of rotatable bonds is 5. The molecule has 0 spiro atoms. The largest absolute Gasteiger partial charge is 0.394 e. The number of aliphatic hydroxyl groups excluding tert-OH is 1. The second kappa shape index (κ2) is 6.27. The fraction of sp³-hybridized carbons (Fsp3) is 0.733. The Morgan fingerprint density at radius 2 is 1.70 bits per heavy atom. The van der Waals surface area contributed by atoms with Crippen molar-refractivity contribution in [3.63, 3.8) is 0 Å². The SMILES string of the molecule is CCC(CC)(CO)Nc1nc(C(C)(C)C)nc(Cl)c1C. The maximum Gasteiger partial charge on any atom is 0.137 e. The van der Waals surface area contributed by atoms with Crippen LogP contribution in [-0.4, -0.2) is 27.2 Å². The molecule has 0 aliphatic rings. The van der Waals surface area contributed by atoms with Crippen LogP contribution in [0.4, 0.5) is 5.82 Å². The van der Waals surface area contributed by atoms with Crippen LogP contribution in [0.1, 0.15) is 58.8 Å². The highest BCUT2D eigenvalue weighted by Gasteiger charge is 2.28. The summed E-state index contributed by atoms with van der Waals surface area (Å²) in [7, 11) is 0. The number of hydrogen-bond donors (Lipinski definition) is 2. The van der Waals surface area contributed by atoms with E-state index in [1.54, 1.807) is 0 Å². The Bertz CT molecular complexity index is 457. The number of hydrogen-bond acceptors (Lipinski definition) is 4. The van der Waals surface area contributed by atoms with Crippen molar-refractivity contribution in [1.29, 1.82) is 0 Å². The lowest BCUT2D eigenvalue weighted by Crippen LogP contribution is -2.41. The standard InChI is InChI=1S/C15H26ClN3O/c1-7-15(8-2,9-20)19-12-10(3)11(16)17-13(18-12)14(4,5)6/h20H,7-9H2,1-6H3,(H,17,18,19). The molecule has 4 nitrogen and oxygen atoms in total. The fourth-order valence-electron chi connectivity index (χ4n) is 1.89. The first-order valence-corrected chi connectivity index (χ1v) is 7.50. The molecule has 1 aromatic heterocycles. The Morgan fingerprint density at radius 1 is 1.15 bits per heavy atom. The van der Waals surface area contributed by atoms with Gasteiger partial charge in [-0.05, 0) is 19.8 Å². The van der Waals surface area contributed by atoms with Crippen LogP contribution in [0.3, 0.4) is 0 Å². The van der Waals surface area contributed by atoms with Crippen LogP contribution in [0.15, 0.2) is 0 Å². The summed E-state index contributed by atoms with van der Waals surface area (Å²) in [5.41, 5.74) is 0.283. The van der Waals surface area contributed by atoms with Gasteiger partial charge in [0.2, 0.25) is 0 Å². The van der Waals surface area contributed by atoms with Gasteiger partial charge in [0.1, 0.15) is 16.8 Å². The molecule has 0 bridgehead atoms. The van der Waals surface area contributed by atoms with E-state index in [9.17, 15) is 5.11 Å². The van der Waals surface area contributed by atoms with Crippen molar-refractivity contribution in [2.24, 2.45) is 0 Å². The van der Waals surface area contributed by atoms with Crippen molar-refractivity contribution < 1.29 is 5.11 Å². The van der Waals surface area contributed by atoms with E-state index in [1.165, 1.54) is 0 Å². The summed E-state index contributed by atoms with van der Waals surface area (Å²) < 4.78 is 0. The van der Waals surface area contributed by atoms with Gasteiger partial charge in [-0.3, -0.25) is 0 Å². The number of aliphatic hydroxyl groups is 1. The van der Waals surface area contributed by atoms with Crippen LogP contribution in [0, 0.1) is 6.92 Å². The molecule has 5 heteroatoms. The molecule has 0 amide bonds. The number of nitrogens with zero attached hydrogens (tertiary/aromatic N) is 2. The Labute approximate surface area is 127 Å². The number of anilines is 1. The molecule has 0 aliphatic heterocycles. The van der Waals surface area contributed by atoms with Crippen molar-refractivity contribution in [2.75, 3.05) is 11.9 Å². The number of nitrogens with one attached hydrogen (secondary N) is 1. The Balaban J connectivity index is 3.27. The van der Waals surface area contributed by atoms with E-state index >= 15 is 0 Å². The third-order valence-electron chi connectivity index (χ3n) is 3.80. The van der Waals surface area contributed by atoms with E-state index in [1.807, 2.05) is 6.92 Å². The molecule has 20 heavy (non-hydrogen) atoms. The Kier molecular flexibility index (Phi) is 5.39. The molecule has 1 rings (SSSR count). The maximum absolute atomic E-state index is 9.69. The van der Waals surface area contributed by atoms with Crippen molar-refractivity contribution in [3.05, 3.63) is 16.5 Å². The molecular weight excluding hydrogens is 274 g/mol. The van der Waals surface area contributed by atoms with E-state index < -0.39 is 0 Å². The summed E-state index contributed by atoms with van der Waals surface area (Å²) in [4.78, 5) is 8.98. The van der Waals surface area contributed by atoms with Crippen molar-refractivity contribution >= 4 is 17.4 Å². The van der Waals surface area contributed by atoms with Crippen LogP contribution in [-0.2, 0) is 5.41 Å². The molecule has 0 saturated carbocycles. The zero-order valence-corrected chi connectivity index (χ0v) is 14.1. The predicted octanol–water partition coefficient (Wildman–Crippen LogP) is 3.70. The van der Waals surface area contributed by atoms with E-state index in [4.69, 9.17) is 11.6 Å². The van der Waals surface area contributed by atoms with Gasteiger partial charge in [0, 0.05) is 11.0 Å². The average Bonchev–Trinajstić information content (AvgIpc) is 2.39. The quantitative estimate of drug-likeness (QED) is 0.814. The highest BCUT2D eigenvalue weighted by atomic mass is 35.5. The average molecular weight is 300 g/mol. The van der Waals surface area contributed by atoms with Crippen molar-refractivity contribution in [1.82, 2.24) is 9.97 Å². The van der Waals surface area contributed by atoms with Crippen LogP contribution >= 0.6 is 11.6 Å². The van der Waals surface area contributed by atoms with Gasteiger partial charge in [0.15, 0.2) is 0 Å². The Hall–Kier alpha value is -0.870. The van der Waals surface area contributed by atoms with E-state index in [2.05, 4.69) is 49.9 Å². The summed E-state index contributed by atoms with van der Waals surface area (Å²) in [6, 6.07) is 0. The fourth-order valence-corrected chi connectivity index (χ4v) is 2.06. The summed E-state index contributed by atoms with van der Waals surface area (Å²) in [6.07, 6.45) is 1.62. The summed E-state index contributed by atoms with van der Waals surface area (Å²) in [6.45, 7) is 12.2. The zero-order valence-electron chi connectivity index (χ0n) is 13.3. The smallest absolute Gasteiger partial charge is 0.137 e. The third kappa shape index (κ3) is 3.61. The second-order valence-electron chi connectivity index (χ2n) is 6.33.